The minimum Gasteiger partial charge on any atom is -0.366 e. The monoisotopic (exact) mass is 266 g/mol. The van der Waals surface area contributed by atoms with Crippen molar-refractivity contribution < 1.29 is 4.74 Å². The van der Waals surface area contributed by atoms with E-state index in [-0.39, 0.29) is 5.60 Å². The van der Waals surface area contributed by atoms with Crippen LogP contribution in [-0.2, 0) is 17.9 Å². The maximum absolute atomic E-state index is 6.14. The lowest BCUT2D eigenvalue weighted by Crippen LogP contribution is -2.42. The van der Waals surface area contributed by atoms with Crippen LogP contribution in [0.15, 0.2) is 6.33 Å². The summed E-state index contributed by atoms with van der Waals surface area (Å²) in [7, 11) is 0. The summed E-state index contributed by atoms with van der Waals surface area (Å²) in [6.45, 7) is 6.35. The van der Waals surface area contributed by atoms with Crippen LogP contribution in [0.25, 0.3) is 0 Å². The third kappa shape index (κ3) is 3.76. The molecule has 0 aliphatic heterocycles. The molecule has 2 rings (SSSR count). The van der Waals surface area contributed by atoms with Crippen molar-refractivity contribution >= 4 is 0 Å². The highest BCUT2D eigenvalue weighted by molar-refractivity contribution is 4.88. The van der Waals surface area contributed by atoms with Gasteiger partial charge in [0.1, 0.15) is 12.9 Å². The Morgan fingerprint density at radius 2 is 2.11 bits per heavy atom. The fraction of sp³-hybridized carbons (Fsp3) is 0.857. The molecule has 1 heterocycles. The lowest BCUT2D eigenvalue weighted by atomic mass is 9.85. The van der Waals surface area contributed by atoms with Crippen molar-refractivity contribution in [3.63, 3.8) is 0 Å². The van der Waals surface area contributed by atoms with Crippen molar-refractivity contribution in [1.82, 2.24) is 14.8 Å². The summed E-state index contributed by atoms with van der Waals surface area (Å²) in [5, 5.41) is 4.26. The van der Waals surface area contributed by atoms with Crippen molar-refractivity contribution in [3.8, 4) is 0 Å². The van der Waals surface area contributed by atoms with Crippen molar-refractivity contribution in [1.29, 1.82) is 0 Å². The van der Waals surface area contributed by atoms with Gasteiger partial charge in [0.25, 0.3) is 0 Å². The normalized spacial score (nSPS) is 18.9. The van der Waals surface area contributed by atoms with Gasteiger partial charge in [0.2, 0.25) is 0 Å². The Balaban J connectivity index is 1.95. The maximum Gasteiger partial charge on any atom is 0.152 e. The molecule has 0 unspecified atom stereocenters. The summed E-state index contributed by atoms with van der Waals surface area (Å²) in [5.74, 6) is 1.46. The number of hydrogen-bond acceptors (Lipinski definition) is 4. The molecule has 1 saturated carbocycles. The van der Waals surface area contributed by atoms with E-state index in [1.165, 1.54) is 19.3 Å². The van der Waals surface area contributed by atoms with Gasteiger partial charge in [-0.15, -0.1) is 0 Å². The highest BCUT2D eigenvalue weighted by Crippen LogP contribution is 2.31. The summed E-state index contributed by atoms with van der Waals surface area (Å²) in [4.78, 5) is 4.31. The fourth-order valence-electron chi connectivity index (χ4n) is 2.72. The molecule has 19 heavy (non-hydrogen) atoms. The molecule has 0 atom stereocenters. The van der Waals surface area contributed by atoms with E-state index in [9.17, 15) is 0 Å². The molecule has 5 heteroatoms. The van der Waals surface area contributed by atoms with E-state index in [0.29, 0.717) is 19.1 Å². The first-order valence-corrected chi connectivity index (χ1v) is 7.36. The second-order valence-corrected chi connectivity index (χ2v) is 5.99. The smallest absolute Gasteiger partial charge is 0.152 e. The molecule has 0 saturated heterocycles. The van der Waals surface area contributed by atoms with Crippen molar-refractivity contribution in [3.05, 3.63) is 12.2 Å². The zero-order chi connectivity index (χ0) is 13.7. The quantitative estimate of drug-likeness (QED) is 0.856. The van der Waals surface area contributed by atoms with Gasteiger partial charge in [0, 0.05) is 13.1 Å². The Hall–Kier alpha value is -0.940. The first-order chi connectivity index (χ1) is 9.15. The number of nitrogens with zero attached hydrogens (tertiary/aromatic N) is 3. The van der Waals surface area contributed by atoms with Gasteiger partial charge in [0.05, 0.1) is 5.60 Å². The van der Waals surface area contributed by atoms with Crippen LogP contribution in [0.4, 0.5) is 0 Å². The predicted molar refractivity (Wildman–Crippen MR) is 74.5 cm³/mol. The molecule has 0 spiro atoms. The fourth-order valence-corrected chi connectivity index (χ4v) is 2.72. The van der Waals surface area contributed by atoms with Crippen LogP contribution in [0, 0.1) is 5.92 Å². The first kappa shape index (κ1) is 14.5. The topological polar surface area (TPSA) is 66.0 Å². The highest BCUT2D eigenvalue weighted by Gasteiger charge is 2.31. The Morgan fingerprint density at radius 1 is 1.37 bits per heavy atom. The average molecular weight is 266 g/mol. The van der Waals surface area contributed by atoms with E-state index in [4.69, 9.17) is 10.5 Å². The lowest BCUT2D eigenvalue weighted by molar-refractivity contribution is -0.0767. The van der Waals surface area contributed by atoms with Gasteiger partial charge in [-0.2, -0.15) is 5.10 Å². The first-order valence-electron chi connectivity index (χ1n) is 7.36. The second kappa shape index (κ2) is 6.48. The van der Waals surface area contributed by atoms with Crippen LogP contribution in [0.2, 0.25) is 0 Å². The van der Waals surface area contributed by atoms with Crippen LogP contribution < -0.4 is 5.73 Å². The Morgan fingerprint density at radius 3 is 2.74 bits per heavy atom. The minimum absolute atomic E-state index is 0.132. The SMILES string of the molecule is CC(C)Cn1ncnc1COC1(CN)CCCCC1. The van der Waals surface area contributed by atoms with Gasteiger partial charge in [-0.3, -0.25) is 0 Å². The summed E-state index contributed by atoms with van der Waals surface area (Å²) < 4.78 is 8.08. The average Bonchev–Trinajstić information content (AvgIpc) is 2.84. The molecular formula is C14H26N4O. The van der Waals surface area contributed by atoms with Gasteiger partial charge in [0.15, 0.2) is 5.82 Å². The van der Waals surface area contributed by atoms with Gasteiger partial charge in [-0.25, -0.2) is 9.67 Å². The molecule has 108 valence electrons. The molecular weight excluding hydrogens is 240 g/mol. The molecule has 1 aliphatic rings. The largest absolute Gasteiger partial charge is 0.366 e. The summed E-state index contributed by atoms with van der Waals surface area (Å²) in [5.41, 5.74) is 5.80. The number of rotatable bonds is 6. The maximum atomic E-state index is 6.14. The zero-order valence-electron chi connectivity index (χ0n) is 12.1. The van der Waals surface area contributed by atoms with Crippen LogP contribution in [0.3, 0.4) is 0 Å². The van der Waals surface area contributed by atoms with E-state index < -0.39 is 0 Å². The van der Waals surface area contributed by atoms with Crippen LogP contribution >= 0.6 is 0 Å². The molecule has 1 aromatic heterocycles. The molecule has 2 N–H and O–H groups in total. The van der Waals surface area contributed by atoms with Crippen molar-refractivity contribution in [2.24, 2.45) is 11.7 Å². The summed E-state index contributed by atoms with van der Waals surface area (Å²) >= 11 is 0. The number of nitrogens with two attached hydrogens (primary N) is 1. The molecule has 0 aromatic carbocycles. The Labute approximate surface area is 115 Å². The van der Waals surface area contributed by atoms with E-state index in [0.717, 1.165) is 25.2 Å². The number of aromatic nitrogens is 3. The molecule has 1 fully saturated rings. The van der Waals surface area contributed by atoms with Crippen LogP contribution in [0.5, 0.6) is 0 Å². The van der Waals surface area contributed by atoms with E-state index in [1.54, 1.807) is 6.33 Å². The zero-order valence-corrected chi connectivity index (χ0v) is 12.1. The Kier molecular flexibility index (Phi) is 4.93. The van der Waals surface area contributed by atoms with Gasteiger partial charge in [-0.1, -0.05) is 33.1 Å². The van der Waals surface area contributed by atoms with Gasteiger partial charge < -0.3 is 10.5 Å². The number of hydrogen-bond donors (Lipinski definition) is 1. The van der Waals surface area contributed by atoms with Crippen molar-refractivity contribution in [2.45, 2.75) is 64.7 Å². The third-order valence-corrected chi connectivity index (χ3v) is 3.88. The highest BCUT2D eigenvalue weighted by atomic mass is 16.5. The van der Waals surface area contributed by atoms with Crippen LogP contribution in [-0.4, -0.2) is 26.9 Å². The minimum atomic E-state index is -0.132. The van der Waals surface area contributed by atoms with Gasteiger partial charge in [-0.05, 0) is 18.8 Å². The van der Waals surface area contributed by atoms with Gasteiger partial charge >= 0.3 is 0 Å². The van der Waals surface area contributed by atoms with E-state index in [1.807, 2.05) is 4.68 Å². The summed E-state index contributed by atoms with van der Waals surface area (Å²) in [6, 6.07) is 0. The molecule has 0 radical (unpaired) electrons. The number of ether oxygens (including phenoxy) is 1. The predicted octanol–water partition coefficient (Wildman–Crippen LogP) is 2.11. The molecule has 0 amide bonds. The lowest BCUT2D eigenvalue weighted by Gasteiger charge is -2.36. The van der Waals surface area contributed by atoms with Crippen LogP contribution in [0.1, 0.15) is 51.8 Å². The molecule has 0 bridgehead atoms. The molecule has 1 aliphatic carbocycles. The van der Waals surface area contributed by atoms with E-state index in [2.05, 4.69) is 23.9 Å². The Bertz CT molecular complexity index is 383. The van der Waals surface area contributed by atoms with E-state index >= 15 is 0 Å². The molecule has 5 nitrogen and oxygen atoms in total. The van der Waals surface area contributed by atoms with Crippen molar-refractivity contribution in [2.75, 3.05) is 6.54 Å². The third-order valence-electron chi connectivity index (χ3n) is 3.88. The second-order valence-electron chi connectivity index (χ2n) is 5.99. The standard InChI is InChI=1S/C14H26N4O/c1-12(2)8-18-13(16-11-17-18)9-19-14(10-15)6-4-3-5-7-14/h11-12H,3-10,15H2,1-2H3. The molecule has 1 aromatic rings. The summed E-state index contributed by atoms with van der Waals surface area (Å²) in [6.07, 6.45) is 7.49.